The van der Waals surface area contributed by atoms with Crippen LogP contribution in [-0.4, -0.2) is 43.1 Å². The van der Waals surface area contributed by atoms with E-state index < -0.39 is 9.84 Å². The Labute approximate surface area is 175 Å². The highest BCUT2D eigenvalue weighted by molar-refractivity contribution is 7.91. The van der Waals surface area contributed by atoms with Crippen LogP contribution in [-0.2, 0) is 14.6 Å². The largest absolute Gasteiger partial charge is 0.343 e. The van der Waals surface area contributed by atoms with Gasteiger partial charge >= 0.3 is 0 Å². The lowest BCUT2D eigenvalue weighted by atomic mass is 9.97. The summed E-state index contributed by atoms with van der Waals surface area (Å²) in [7, 11) is -3.44. The first kappa shape index (κ1) is 20.0. The van der Waals surface area contributed by atoms with Crippen LogP contribution in [0.1, 0.15) is 35.8 Å². The van der Waals surface area contributed by atoms with E-state index in [0.717, 1.165) is 28.9 Å². The number of aromatic nitrogens is 1. The summed E-state index contributed by atoms with van der Waals surface area (Å²) in [5, 5.41) is 1.14. The van der Waals surface area contributed by atoms with E-state index in [1.54, 1.807) is 40.5 Å². The molecule has 152 valence electrons. The number of fused-ring (bicyclic) bond motifs is 1. The van der Waals surface area contributed by atoms with Crippen LogP contribution in [0.15, 0.2) is 53.4 Å². The number of carbonyl (C=O) groups is 1. The second-order valence-corrected chi connectivity index (χ2v) is 10.7. The van der Waals surface area contributed by atoms with Gasteiger partial charge in [0.2, 0.25) is 5.91 Å². The van der Waals surface area contributed by atoms with Crippen LogP contribution in [0, 0.1) is 6.92 Å². The van der Waals surface area contributed by atoms with Gasteiger partial charge in [0, 0.05) is 25.4 Å². The summed E-state index contributed by atoms with van der Waals surface area (Å²) in [6, 6.07) is 14.9. The van der Waals surface area contributed by atoms with Crippen molar-refractivity contribution in [2.24, 2.45) is 0 Å². The fourth-order valence-corrected chi connectivity index (χ4v) is 6.05. The van der Waals surface area contributed by atoms with Gasteiger partial charge in [-0.25, -0.2) is 13.4 Å². The molecule has 0 bridgehead atoms. The van der Waals surface area contributed by atoms with Gasteiger partial charge in [0.1, 0.15) is 0 Å². The van der Waals surface area contributed by atoms with Crippen molar-refractivity contribution in [2.45, 2.75) is 37.0 Å². The Morgan fingerprint density at radius 1 is 1.10 bits per heavy atom. The molecule has 3 aromatic rings. The van der Waals surface area contributed by atoms with Gasteiger partial charge in [0.05, 0.1) is 25.9 Å². The van der Waals surface area contributed by atoms with Crippen molar-refractivity contribution < 1.29 is 13.2 Å². The highest BCUT2D eigenvalue weighted by Gasteiger charge is 2.27. The lowest BCUT2D eigenvalue weighted by molar-refractivity contribution is -0.131. The summed E-state index contributed by atoms with van der Waals surface area (Å²) in [6.45, 7) is 3.23. The normalized spacial score (nSPS) is 15.7. The van der Waals surface area contributed by atoms with Crippen LogP contribution >= 0.6 is 11.3 Å². The van der Waals surface area contributed by atoms with Crippen LogP contribution in [0.2, 0.25) is 0 Å². The molecule has 2 aromatic carbocycles. The summed E-state index contributed by atoms with van der Waals surface area (Å²) in [4.78, 5) is 19.4. The highest BCUT2D eigenvalue weighted by atomic mass is 32.2. The molecule has 29 heavy (non-hydrogen) atoms. The molecule has 0 spiro atoms. The van der Waals surface area contributed by atoms with Gasteiger partial charge < -0.3 is 4.90 Å². The molecule has 0 unspecified atom stereocenters. The Morgan fingerprint density at radius 3 is 2.48 bits per heavy atom. The Bertz CT molecular complexity index is 1080. The van der Waals surface area contributed by atoms with E-state index in [1.165, 1.54) is 4.70 Å². The van der Waals surface area contributed by atoms with E-state index >= 15 is 0 Å². The standard InChI is InChI=1S/C22H24N2O3S2/c1-16-6-8-18(9-7-16)29(26,27)15-12-21(25)24-13-10-17(11-14-24)22-23-19-4-2-3-5-20(19)28-22/h2-9,17H,10-15H2,1H3. The summed E-state index contributed by atoms with van der Waals surface area (Å²) < 4.78 is 26.1. The highest BCUT2D eigenvalue weighted by Crippen LogP contribution is 2.33. The number of carbonyl (C=O) groups excluding carboxylic acids is 1. The topological polar surface area (TPSA) is 67.3 Å². The van der Waals surface area contributed by atoms with Gasteiger partial charge in [-0.1, -0.05) is 29.8 Å². The predicted octanol–water partition coefficient (Wildman–Crippen LogP) is 4.17. The van der Waals surface area contributed by atoms with Crippen molar-refractivity contribution in [1.82, 2.24) is 9.88 Å². The molecule has 0 atom stereocenters. The maximum Gasteiger partial charge on any atom is 0.223 e. The number of nitrogens with zero attached hydrogens (tertiary/aromatic N) is 2. The van der Waals surface area contributed by atoms with E-state index in [2.05, 4.69) is 6.07 Å². The van der Waals surface area contributed by atoms with Crippen LogP contribution in [0.25, 0.3) is 10.2 Å². The van der Waals surface area contributed by atoms with Gasteiger partial charge in [0.25, 0.3) is 0 Å². The fraction of sp³-hybridized carbons (Fsp3) is 0.364. The Kier molecular flexibility index (Phi) is 5.69. The number of benzene rings is 2. The zero-order chi connectivity index (χ0) is 20.4. The van der Waals surface area contributed by atoms with Crippen molar-refractivity contribution in [3.05, 3.63) is 59.1 Å². The minimum absolute atomic E-state index is 0.0298. The summed E-state index contributed by atoms with van der Waals surface area (Å²) in [6.07, 6.45) is 1.77. The van der Waals surface area contributed by atoms with E-state index in [1.807, 2.05) is 25.1 Å². The Morgan fingerprint density at radius 2 is 1.79 bits per heavy atom. The molecule has 1 fully saturated rings. The number of aryl methyl sites for hydroxylation is 1. The van der Waals surface area contributed by atoms with Crippen LogP contribution < -0.4 is 0 Å². The minimum Gasteiger partial charge on any atom is -0.343 e. The molecule has 1 aliphatic heterocycles. The first-order chi connectivity index (χ1) is 13.9. The van der Waals surface area contributed by atoms with Crippen molar-refractivity contribution in [1.29, 1.82) is 0 Å². The maximum absolute atomic E-state index is 12.6. The molecule has 0 aliphatic carbocycles. The third-order valence-corrected chi connectivity index (χ3v) is 8.40. The molecule has 4 rings (SSSR count). The van der Waals surface area contributed by atoms with Crippen molar-refractivity contribution in [3.63, 3.8) is 0 Å². The summed E-state index contributed by atoms with van der Waals surface area (Å²) in [5.74, 6) is 0.142. The molecule has 0 radical (unpaired) electrons. The quantitative estimate of drug-likeness (QED) is 0.612. The van der Waals surface area contributed by atoms with Gasteiger partial charge in [0.15, 0.2) is 9.84 Å². The summed E-state index contributed by atoms with van der Waals surface area (Å²) >= 11 is 1.73. The minimum atomic E-state index is -3.44. The number of thiazole rings is 1. The third-order valence-electron chi connectivity index (χ3n) is 5.47. The SMILES string of the molecule is Cc1ccc(S(=O)(=O)CCC(=O)N2CCC(c3nc4ccccc4s3)CC2)cc1. The second-order valence-electron chi connectivity index (χ2n) is 7.56. The van der Waals surface area contributed by atoms with Crippen LogP contribution in [0.4, 0.5) is 0 Å². The zero-order valence-electron chi connectivity index (χ0n) is 16.4. The van der Waals surface area contributed by atoms with Crippen molar-refractivity contribution in [2.75, 3.05) is 18.8 Å². The predicted molar refractivity (Wildman–Crippen MR) is 116 cm³/mol. The molecule has 7 heteroatoms. The molecular formula is C22H24N2O3S2. The molecule has 1 saturated heterocycles. The number of likely N-dealkylation sites (tertiary alicyclic amines) is 1. The van der Waals surface area contributed by atoms with E-state index in [4.69, 9.17) is 4.98 Å². The number of sulfone groups is 1. The third kappa shape index (κ3) is 4.51. The first-order valence-electron chi connectivity index (χ1n) is 9.85. The molecule has 0 N–H and O–H groups in total. The smallest absolute Gasteiger partial charge is 0.223 e. The lowest BCUT2D eigenvalue weighted by Crippen LogP contribution is -2.38. The zero-order valence-corrected chi connectivity index (χ0v) is 18.0. The average Bonchev–Trinajstić information content (AvgIpc) is 3.17. The fourth-order valence-electron chi connectivity index (χ4n) is 3.68. The van der Waals surface area contributed by atoms with E-state index in [0.29, 0.717) is 19.0 Å². The number of para-hydroxylation sites is 1. The average molecular weight is 429 g/mol. The molecule has 1 aliphatic rings. The van der Waals surface area contributed by atoms with Crippen LogP contribution in [0.3, 0.4) is 0 Å². The van der Waals surface area contributed by atoms with Crippen molar-refractivity contribution in [3.8, 4) is 0 Å². The number of hydrogen-bond acceptors (Lipinski definition) is 5. The molecule has 1 amide bonds. The van der Waals surface area contributed by atoms with Gasteiger partial charge in [-0.2, -0.15) is 0 Å². The second kappa shape index (κ2) is 8.24. The van der Waals surface area contributed by atoms with Gasteiger partial charge in [-0.3, -0.25) is 4.79 Å². The molecule has 1 aromatic heterocycles. The van der Waals surface area contributed by atoms with Gasteiger partial charge in [-0.05, 0) is 44.0 Å². The number of rotatable bonds is 5. The van der Waals surface area contributed by atoms with Gasteiger partial charge in [-0.15, -0.1) is 11.3 Å². The number of piperidine rings is 1. The number of amides is 1. The first-order valence-corrected chi connectivity index (χ1v) is 12.3. The lowest BCUT2D eigenvalue weighted by Gasteiger charge is -2.31. The van der Waals surface area contributed by atoms with E-state index in [-0.39, 0.29) is 23.0 Å². The Balaban J connectivity index is 1.32. The van der Waals surface area contributed by atoms with E-state index in [9.17, 15) is 13.2 Å². The molecule has 0 saturated carbocycles. The summed E-state index contributed by atoms with van der Waals surface area (Å²) in [5.41, 5.74) is 2.04. The monoisotopic (exact) mass is 428 g/mol. The number of hydrogen-bond donors (Lipinski definition) is 0. The molecular weight excluding hydrogens is 404 g/mol. The van der Waals surface area contributed by atoms with Crippen LogP contribution in [0.5, 0.6) is 0 Å². The maximum atomic E-state index is 12.6. The van der Waals surface area contributed by atoms with Crippen molar-refractivity contribution >= 4 is 37.3 Å². The molecule has 5 nitrogen and oxygen atoms in total. The Hall–Kier alpha value is -2.25. The molecule has 2 heterocycles.